The fourth-order valence-electron chi connectivity index (χ4n) is 4.05. The maximum Gasteiger partial charge on any atom is 0.243 e. The van der Waals surface area contributed by atoms with E-state index in [9.17, 15) is 13.2 Å². The average molecular weight is 444 g/mol. The van der Waals surface area contributed by atoms with Gasteiger partial charge in [-0.05, 0) is 68.6 Å². The molecule has 1 saturated heterocycles. The van der Waals surface area contributed by atoms with Gasteiger partial charge in [-0.2, -0.15) is 0 Å². The Balaban J connectivity index is 1.60. The number of benzene rings is 2. The van der Waals surface area contributed by atoms with Crippen LogP contribution in [0, 0.1) is 6.92 Å². The topological polar surface area (TPSA) is 69.7 Å². The molecule has 6 nitrogen and oxygen atoms in total. The summed E-state index contributed by atoms with van der Waals surface area (Å²) < 4.78 is 26.0. The minimum Gasteiger partial charge on any atom is -0.350 e. The lowest BCUT2D eigenvalue weighted by molar-refractivity contribution is -0.122. The number of amides is 1. The van der Waals surface area contributed by atoms with Gasteiger partial charge in [0.1, 0.15) is 6.04 Å². The Kier molecular flexibility index (Phi) is 7.73. The van der Waals surface area contributed by atoms with Gasteiger partial charge in [0.25, 0.3) is 0 Å². The monoisotopic (exact) mass is 443 g/mol. The molecular weight excluding hydrogens is 410 g/mol. The highest BCUT2D eigenvalue weighted by Gasteiger charge is 2.29. The van der Waals surface area contributed by atoms with Gasteiger partial charge in [0.2, 0.25) is 15.9 Å². The Morgan fingerprint density at radius 3 is 2.32 bits per heavy atom. The summed E-state index contributed by atoms with van der Waals surface area (Å²) in [7, 11) is -3.61. The fourth-order valence-corrected chi connectivity index (χ4v) is 5.22. The zero-order chi connectivity index (χ0) is 22.4. The number of anilines is 1. The molecule has 0 unspecified atom stereocenters. The number of carbonyl (C=O) groups excluding carboxylic acids is 1. The summed E-state index contributed by atoms with van der Waals surface area (Å²) in [5, 5.41) is 2.88. The summed E-state index contributed by atoms with van der Waals surface area (Å²) in [5.74, 6) is -0.329. The van der Waals surface area contributed by atoms with Crippen molar-refractivity contribution >= 4 is 21.6 Å². The Bertz CT molecular complexity index is 983. The highest BCUT2D eigenvalue weighted by molar-refractivity contribution is 7.92. The van der Waals surface area contributed by atoms with Crippen LogP contribution in [0.4, 0.5) is 5.69 Å². The number of nitrogens with one attached hydrogen (secondary N) is 1. The molecule has 1 amide bonds. The molecule has 1 aliphatic heterocycles. The van der Waals surface area contributed by atoms with E-state index in [0.717, 1.165) is 37.0 Å². The van der Waals surface area contributed by atoms with Crippen molar-refractivity contribution in [1.82, 2.24) is 10.2 Å². The molecular formula is C24H33N3O3S. The molecule has 7 heteroatoms. The SMILES string of the molecule is Cc1cccc(N([C@H](C)C(=O)NCc2ccc(CN3CCCCC3)cc2)S(C)(=O)=O)c1. The van der Waals surface area contributed by atoms with E-state index in [4.69, 9.17) is 0 Å². The van der Waals surface area contributed by atoms with Crippen LogP contribution in [0.25, 0.3) is 0 Å². The Morgan fingerprint density at radius 2 is 1.71 bits per heavy atom. The highest BCUT2D eigenvalue weighted by Crippen LogP contribution is 2.22. The zero-order valence-corrected chi connectivity index (χ0v) is 19.5. The molecule has 0 aromatic heterocycles. The van der Waals surface area contributed by atoms with Gasteiger partial charge in [-0.25, -0.2) is 8.42 Å². The first-order valence-electron chi connectivity index (χ1n) is 10.9. The van der Waals surface area contributed by atoms with Crippen molar-refractivity contribution in [2.45, 2.75) is 52.2 Å². The van der Waals surface area contributed by atoms with Crippen LogP contribution in [0.1, 0.15) is 42.9 Å². The standard InChI is InChI=1S/C24H33N3O3S/c1-19-8-7-9-23(16-19)27(31(3,29)30)20(2)24(28)25-17-21-10-12-22(13-11-21)18-26-14-5-4-6-15-26/h7-13,16,20H,4-6,14-15,17-18H2,1-3H3,(H,25,28)/t20-/m1/s1. The lowest BCUT2D eigenvalue weighted by Gasteiger charge is -2.28. The van der Waals surface area contributed by atoms with E-state index in [0.29, 0.717) is 12.2 Å². The molecule has 1 heterocycles. The number of sulfonamides is 1. The van der Waals surface area contributed by atoms with E-state index in [-0.39, 0.29) is 5.91 Å². The number of piperidine rings is 1. The van der Waals surface area contributed by atoms with Crippen LogP contribution in [0.2, 0.25) is 0 Å². The van der Waals surface area contributed by atoms with E-state index in [1.54, 1.807) is 25.1 Å². The Morgan fingerprint density at radius 1 is 1.06 bits per heavy atom. The third-order valence-electron chi connectivity index (χ3n) is 5.69. The van der Waals surface area contributed by atoms with Crippen molar-refractivity contribution in [3.05, 3.63) is 65.2 Å². The molecule has 1 atom stereocenters. The van der Waals surface area contributed by atoms with Gasteiger partial charge in [-0.3, -0.25) is 14.0 Å². The van der Waals surface area contributed by atoms with E-state index in [1.807, 2.05) is 25.1 Å². The van der Waals surface area contributed by atoms with Crippen molar-refractivity contribution < 1.29 is 13.2 Å². The maximum absolute atomic E-state index is 12.8. The van der Waals surface area contributed by atoms with Crippen molar-refractivity contribution in [2.75, 3.05) is 23.7 Å². The molecule has 0 spiro atoms. The van der Waals surface area contributed by atoms with Crippen LogP contribution in [0.15, 0.2) is 48.5 Å². The molecule has 1 N–H and O–H groups in total. The molecule has 0 saturated carbocycles. The molecule has 2 aromatic rings. The quantitative estimate of drug-likeness (QED) is 0.678. The Hall–Kier alpha value is -2.38. The molecule has 0 aliphatic carbocycles. The van der Waals surface area contributed by atoms with E-state index in [2.05, 4.69) is 22.3 Å². The van der Waals surface area contributed by atoms with Crippen LogP contribution < -0.4 is 9.62 Å². The molecule has 1 fully saturated rings. The number of likely N-dealkylation sites (tertiary alicyclic amines) is 1. The predicted molar refractivity (Wildman–Crippen MR) is 125 cm³/mol. The van der Waals surface area contributed by atoms with Gasteiger partial charge in [0, 0.05) is 13.1 Å². The molecule has 31 heavy (non-hydrogen) atoms. The van der Waals surface area contributed by atoms with E-state index >= 15 is 0 Å². The average Bonchev–Trinajstić information content (AvgIpc) is 2.73. The summed E-state index contributed by atoms with van der Waals surface area (Å²) in [4.78, 5) is 15.2. The van der Waals surface area contributed by atoms with Crippen molar-refractivity contribution in [1.29, 1.82) is 0 Å². The first kappa shape index (κ1) is 23.3. The number of hydrogen-bond acceptors (Lipinski definition) is 4. The summed E-state index contributed by atoms with van der Waals surface area (Å²) in [6.07, 6.45) is 5.00. The maximum atomic E-state index is 12.8. The number of nitrogens with zero attached hydrogens (tertiary/aromatic N) is 2. The summed E-state index contributed by atoms with van der Waals surface area (Å²) in [6.45, 7) is 7.15. The zero-order valence-electron chi connectivity index (χ0n) is 18.7. The van der Waals surface area contributed by atoms with Gasteiger partial charge in [0.15, 0.2) is 0 Å². The first-order chi connectivity index (χ1) is 14.7. The summed E-state index contributed by atoms with van der Waals surface area (Å²) >= 11 is 0. The largest absolute Gasteiger partial charge is 0.350 e. The lowest BCUT2D eigenvalue weighted by atomic mass is 10.1. The minimum absolute atomic E-state index is 0.329. The molecule has 0 radical (unpaired) electrons. The van der Waals surface area contributed by atoms with Crippen molar-refractivity contribution in [3.8, 4) is 0 Å². The third-order valence-corrected chi connectivity index (χ3v) is 6.93. The van der Waals surface area contributed by atoms with Crippen LogP contribution in [-0.4, -0.2) is 44.6 Å². The second kappa shape index (κ2) is 10.3. The van der Waals surface area contributed by atoms with Gasteiger partial charge in [-0.1, -0.05) is 42.8 Å². The summed E-state index contributed by atoms with van der Waals surface area (Å²) in [6, 6.07) is 14.6. The van der Waals surface area contributed by atoms with E-state index in [1.165, 1.54) is 29.1 Å². The molecule has 2 aromatic carbocycles. The van der Waals surface area contributed by atoms with Gasteiger partial charge in [-0.15, -0.1) is 0 Å². The lowest BCUT2D eigenvalue weighted by Crippen LogP contribution is -2.47. The number of rotatable bonds is 8. The van der Waals surface area contributed by atoms with Crippen molar-refractivity contribution in [2.24, 2.45) is 0 Å². The summed E-state index contributed by atoms with van der Waals surface area (Å²) in [5.41, 5.74) is 3.69. The minimum atomic E-state index is -3.61. The number of hydrogen-bond donors (Lipinski definition) is 1. The van der Waals surface area contributed by atoms with E-state index < -0.39 is 16.1 Å². The van der Waals surface area contributed by atoms with Crippen LogP contribution >= 0.6 is 0 Å². The number of carbonyl (C=O) groups is 1. The first-order valence-corrected chi connectivity index (χ1v) is 12.7. The second-order valence-electron chi connectivity index (χ2n) is 8.44. The van der Waals surface area contributed by atoms with Crippen LogP contribution in [0.3, 0.4) is 0 Å². The highest BCUT2D eigenvalue weighted by atomic mass is 32.2. The van der Waals surface area contributed by atoms with Gasteiger partial charge >= 0.3 is 0 Å². The van der Waals surface area contributed by atoms with Crippen LogP contribution in [-0.2, 0) is 27.9 Å². The van der Waals surface area contributed by atoms with Gasteiger partial charge < -0.3 is 5.32 Å². The second-order valence-corrected chi connectivity index (χ2v) is 10.3. The Labute approximate surface area is 186 Å². The molecule has 3 rings (SSSR count). The fraction of sp³-hybridized carbons (Fsp3) is 0.458. The molecule has 1 aliphatic rings. The van der Waals surface area contributed by atoms with Crippen molar-refractivity contribution in [3.63, 3.8) is 0 Å². The predicted octanol–water partition coefficient (Wildman–Crippen LogP) is 3.45. The molecule has 0 bridgehead atoms. The smallest absolute Gasteiger partial charge is 0.243 e. The normalized spacial score (nSPS) is 16.0. The van der Waals surface area contributed by atoms with Gasteiger partial charge in [0.05, 0.1) is 11.9 Å². The third kappa shape index (κ3) is 6.55. The number of aryl methyl sites for hydroxylation is 1. The molecule has 168 valence electrons. The van der Waals surface area contributed by atoms with Crippen LogP contribution in [0.5, 0.6) is 0 Å².